The molecule has 2 aromatic carbocycles. The Morgan fingerprint density at radius 2 is 1.62 bits per heavy atom. The first-order valence-electron chi connectivity index (χ1n) is 7.43. The highest BCUT2D eigenvalue weighted by atomic mass is 16.6. The Bertz CT molecular complexity index is 694. The Morgan fingerprint density at radius 3 is 2.17 bits per heavy atom. The van der Waals surface area contributed by atoms with E-state index in [4.69, 9.17) is 9.47 Å². The van der Waals surface area contributed by atoms with Gasteiger partial charge >= 0.3 is 5.97 Å². The van der Waals surface area contributed by atoms with Gasteiger partial charge in [0.05, 0.1) is 11.4 Å². The van der Waals surface area contributed by atoms with E-state index in [1.54, 1.807) is 24.3 Å². The molecule has 24 heavy (non-hydrogen) atoms. The van der Waals surface area contributed by atoms with E-state index in [0.717, 1.165) is 23.1 Å². The average molecular weight is 325 g/mol. The van der Waals surface area contributed by atoms with Crippen LogP contribution in [0.1, 0.15) is 0 Å². The zero-order valence-electron chi connectivity index (χ0n) is 13.4. The second kappa shape index (κ2) is 9.09. The fourth-order valence-corrected chi connectivity index (χ4v) is 1.78. The van der Waals surface area contributed by atoms with Crippen molar-refractivity contribution in [3.8, 4) is 5.75 Å². The van der Waals surface area contributed by atoms with Gasteiger partial charge in [-0.25, -0.2) is 4.79 Å². The van der Waals surface area contributed by atoms with E-state index < -0.39 is 5.97 Å². The first-order valence-corrected chi connectivity index (χ1v) is 7.43. The third-order valence-electron chi connectivity index (χ3n) is 3.04. The number of esters is 1. The summed E-state index contributed by atoms with van der Waals surface area (Å²) in [6, 6.07) is 14.8. The first-order chi connectivity index (χ1) is 11.7. The minimum Gasteiger partial charge on any atom is -0.490 e. The Hall–Kier alpha value is -3.15. The van der Waals surface area contributed by atoms with Crippen molar-refractivity contribution < 1.29 is 14.3 Å². The van der Waals surface area contributed by atoms with Crippen LogP contribution in [0.5, 0.6) is 5.75 Å². The molecule has 0 saturated carbocycles. The van der Waals surface area contributed by atoms with Crippen LogP contribution in [0, 0.1) is 0 Å². The molecular formula is C18H19N3O3. The number of benzene rings is 2. The summed E-state index contributed by atoms with van der Waals surface area (Å²) in [6.07, 6.45) is 1.12. The van der Waals surface area contributed by atoms with Crippen molar-refractivity contribution in [3.63, 3.8) is 0 Å². The highest BCUT2D eigenvalue weighted by Crippen LogP contribution is 2.22. The number of rotatable bonds is 8. The minimum absolute atomic E-state index is 0.176. The first kappa shape index (κ1) is 17.2. The van der Waals surface area contributed by atoms with E-state index in [1.165, 1.54) is 0 Å². The van der Waals surface area contributed by atoms with Crippen molar-refractivity contribution in [2.45, 2.75) is 0 Å². The summed E-state index contributed by atoms with van der Waals surface area (Å²) in [5, 5.41) is 11.4. The molecule has 0 aliphatic rings. The highest BCUT2D eigenvalue weighted by molar-refractivity contribution is 5.81. The smallest absolute Gasteiger partial charge is 0.330 e. The molecule has 6 nitrogen and oxygen atoms in total. The van der Waals surface area contributed by atoms with Crippen LogP contribution in [0.25, 0.3) is 0 Å². The van der Waals surface area contributed by atoms with Crippen molar-refractivity contribution >= 4 is 23.0 Å². The van der Waals surface area contributed by atoms with Gasteiger partial charge in [0.25, 0.3) is 0 Å². The molecule has 0 heterocycles. The van der Waals surface area contributed by atoms with Gasteiger partial charge in [0.1, 0.15) is 19.0 Å². The van der Waals surface area contributed by atoms with E-state index in [1.807, 2.05) is 31.3 Å². The molecule has 0 unspecified atom stereocenters. The Morgan fingerprint density at radius 1 is 1.04 bits per heavy atom. The van der Waals surface area contributed by atoms with Gasteiger partial charge in [0.15, 0.2) is 0 Å². The lowest BCUT2D eigenvalue weighted by atomic mass is 10.3. The summed E-state index contributed by atoms with van der Waals surface area (Å²) in [4.78, 5) is 10.9. The molecule has 6 heteroatoms. The summed E-state index contributed by atoms with van der Waals surface area (Å²) < 4.78 is 10.3. The quantitative estimate of drug-likeness (QED) is 0.341. The fraction of sp³-hybridized carbons (Fsp3) is 0.167. The Labute approximate surface area is 140 Å². The average Bonchev–Trinajstić information content (AvgIpc) is 2.64. The van der Waals surface area contributed by atoms with Crippen LogP contribution in [0.2, 0.25) is 0 Å². The Balaban J connectivity index is 1.83. The van der Waals surface area contributed by atoms with Crippen LogP contribution in [-0.2, 0) is 9.53 Å². The van der Waals surface area contributed by atoms with E-state index in [-0.39, 0.29) is 13.2 Å². The van der Waals surface area contributed by atoms with Crippen LogP contribution in [-0.4, -0.2) is 26.2 Å². The largest absolute Gasteiger partial charge is 0.490 e. The number of nitrogens with one attached hydrogen (secondary N) is 1. The van der Waals surface area contributed by atoms with Crippen molar-refractivity contribution in [1.29, 1.82) is 0 Å². The lowest BCUT2D eigenvalue weighted by Gasteiger charge is -2.06. The number of carbonyl (C=O) groups excluding carboxylic acids is 1. The fourth-order valence-electron chi connectivity index (χ4n) is 1.78. The summed E-state index contributed by atoms with van der Waals surface area (Å²) in [6.45, 7) is 3.77. The van der Waals surface area contributed by atoms with Crippen molar-refractivity contribution in [1.82, 2.24) is 0 Å². The van der Waals surface area contributed by atoms with Gasteiger partial charge in [-0.15, -0.1) is 0 Å². The van der Waals surface area contributed by atoms with E-state index in [0.29, 0.717) is 5.75 Å². The molecule has 2 rings (SSSR count). The zero-order valence-corrected chi connectivity index (χ0v) is 13.4. The van der Waals surface area contributed by atoms with Crippen molar-refractivity contribution in [3.05, 3.63) is 61.2 Å². The van der Waals surface area contributed by atoms with Crippen LogP contribution < -0.4 is 10.1 Å². The molecule has 0 saturated heterocycles. The number of anilines is 1. The third kappa shape index (κ3) is 5.57. The molecule has 0 aromatic heterocycles. The molecule has 0 spiro atoms. The number of azo groups is 1. The molecule has 0 radical (unpaired) electrons. The maximum atomic E-state index is 10.9. The Kier molecular flexibility index (Phi) is 6.52. The standard InChI is InChI=1S/C18H19N3O3/c1-3-18(22)24-13-12-23-17-10-8-16(9-11-17)21-20-15-6-4-14(19-2)5-7-15/h3-11,19H,1,12-13H2,2H3. The molecule has 0 aliphatic heterocycles. The third-order valence-corrected chi connectivity index (χ3v) is 3.04. The van der Waals surface area contributed by atoms with Gasteiger partial charge in [-0.1, -0.05) is 6.58 Å². The molecule has 124 valence electrons. The summed E-state index contributed by atoms with van der Waals surface area (Å²) >= 11 is 0. The number of ether oxygens (including phenoxy) is 2. The van der Waals surface area contributed by atoms with E-state index >= 15 is 0 Å². The van der Waals surface area contributed by atoms with Crippen molar-refractivity contribution in [2.75, 3.05) is 25.6 Å². The van der Waals surface area contributed by atoms with Crippen LogP contribution >= 0.6 is 0 Å². The summed E-state index contributed by atoms with van der Waals surface area (Å²) in [7, 11) is 1.86. The highest BCUT2D eigenvalue weighted by Gasteiger charge is 1.98. The molecule has 0 aliphatic carbocycles. The second-order valence-corrected chi connectivity index (χ2v) is 4.71. The van der Waals surface area contributed by atoms with Crippen molar-refractivity contribution in [2.24, 2.45) is 10.2 Å². The number of hydrogen-bond donors (Lipinski definition) is 1. The van der Waals surface area contributed by atoms with E-state index in [9.17, 15) is 4.79 Å². The van der Waals surface area contributed by atoms with Gasteiger partial charge in [-0.3, -0.25) is 0 Å². The maximum Gasteiger partial charge on any atom is 0.330 e. The monoisotopic (exact) mass is 325 g/mol. The summed E-state index contributed by atoms with van der Waals surface area (Å²) in [5.41, 5.74) is 2.52. The lowest BCUT2D eigenvalue weighted by Crippen LogP contribution is -2.09. The molecular weight excluding hydrogens is 306 g/mol. The van der Waals surface area contributed by atoms with Crippen LogP contribution in [0.3, 0.4) is 0 Å². The summed E-state index contributed by atoms with van der Waals surface area (Å²) in [5.74, 6) is 0.207. The normalized spacial score (nSPS) is 10.4. The van der Waals surface area contributed by atoms with E-state index in [2.05, 4.69) is 22.1 Å². The molecule has 0 bridgehead atoms. The SMILES string of the molecule is C=CC(=O)OCCOc1ccc(N=Nc2ccc(NC)cc2)cc1. The van der Waals surface area contributed by atoms with Gasteiger partial charge in [-0.05, 0) is 48.5 Å². The zero-order chi connectivity index (χ0) is 17.2. The van der Waals surface area contributed by atoms with Gasteiger partial charge in [0, 0.05) is 18.8 Å². The molecule has 0 amide bonds. The molecule has 1 N–H and O–H groups in total. The van der Waals surface area contributed by atoms with Gasteiger partial charge in [0.2, 0.25) is 0 Å². The number of carbonyl (C=O) groups is 1. The van der Waals surface area contributed by atoms with Crippen LogP contribution in [0.15, 0.2) is 71.4 Å². The number of hydrogen-bond acceptors (Lipinski definition) is 6. The van der Waals surface area contributed by atoms with Gasteiger partial charge < -0.3 is 14.8 Å². The maximum absolute atomic E-state index is 10.9. The predicted molar refractivity (Wildman–Crippen MR) is 93.3 cm³/mol. The molecule has 0 atom stereocenters. The molecule has 0 fully saturated rings. The molecule has 2 aromatic rings. The topological polar surface area (TPSA) is 72.3 Å². The predicted octanol–water partition coefficient (Wildman–Crippen LogP) is 4.25. The number of nitrogens with zero attached hydrogens (tertiary/aromatic N) is 2. The lowest BCUT2D eigenvalue weighted by molar-refractivity contribution is -0.138. The second-order valence-electron chi connectivity index (χ2n) is 4.71. The van der Waals surface area contributed by atoms with Crippen LogP contribution in [0.4, 0.5) is 17.1 Å². The van der Waals surface area contributed by atoms with Gasteiger partial charge in [-0.2, -0.15) is 10.2 Å². The minimum atomic E-state index is -0.461.